The van der Waals surface area contributed by atoms with Crippen LogP contribution in [0.25, 0.3) is 0 Å². The number of sulfonamides is 1. The van der Waals surface area contributed by atoms with E-state index in [-0.39, 0.29) is 18.1 Å². The number of benzene rings is 2. The molecule has 5 nitrogen and oxygen atoms in total. The number of rotatable bonds is 9. The van der Waals surface area contributed by atoms with Crippen molar-refractivity contribution in [1.82, 2.24) is 4.72 Å². The quantitative estimate of drug-likeness (QED) is 0.485. The summed E-state index contributed by atoms with van der Waals surface area (Å²) in [5.41, 5.74) is 1.33. The molecule has 2 aromatic carbocycles. The summed E-state index contributed by atoms with van der Waals surface area (Å²) in [7, 11) is -2.23. The second-order valence-electron chi connectivity index (χ2n) is 5.59. The number of halogens is 2. The van der Waals surface area contributed by atoms with Crippen molar-refractivity contribution in [1.29, 1.82) is 0 Å². The largest absolute Gasteiger partial charge is 0.465 e. The van der Waals surface area contributed by atoms with Crippen LogP contribution in [0.3, 0.4) is 0 Å². The molecule has 0 aliphatic heterocycles. The van der Waals surface area contributed by atoms with Gasteiger partial charge < -0.3 is 4.74 Å². The third-order valence-corrected chi connectivity index (χ3v) is 6.31. The summed E-state index contributed by atoms with van der Waals surface area (Å²) in [6.45, 7) is 0.222. The van der Waals surface area contributed by atoms with Crippen LogP contribution in [0.2, 0.25) is 5.02 Å². The highest BCUT2D eigenvalue weighted by atomic mass is 35.5. The van der Waals surface area contributed by atoms with E-state index in [1.165, 1.54) is 43.1 Å². The number of nitrogens with one attached hydrogen (secondary N) is 1. The Labute approximate surface area is 167 Å². The van der Waals surface area contributed by atoms with Crippen LogP contribution in [-0.2, 0) is 26.3 Å². The molecule has 0 saturated carbocycles. The number of carbonyl (C=O) groups excluding carboxylic acids is 1. The number of carbonyl (C=O) groups is 1. The maximum absolute atomic E-state index is 13.7. The third kappa shape index (κ3) is 6.80. The second kappa shape index (κ2) is 10.1. The molecule has 146 valence electrons. The van der Waals surface area contributed by atoms with Crippen LogP contribution in [0.5, 0.6) is 0 Å². The Morgan fingerprint density at radius 3 is 2.56 bits per heavy atom. The van der Waals surface area contributed by atoms with E-state index < -0.39 is 16.0 Å². The van der Waals surface area contributed by atoms with Gasteiger partial charge in [-0.2, -0.15) is 11.8 Å². The normalized spacial score (nSPS) is 11.4. The van der Waals surface area contributed by atoms with Crippen molar-refractivity contribution >= 4 is 39.4 Å². The van der Waals surface area contributed by atoms with Crippen molar-refractivity contribution in [3.8, 4) is 0 Å². The van der Waals surface area contributed by atoms with Crippen LogP contribution < -0.4 is 4.72 Å². The summed E-state index contributed by atoms with van der Waals surface area (Å²) in [5, 5.41) is 0.360. The first-order valence-electron chi connectivity index (χ1n) is 7.97. The summed E-state index contributed by atoms with van der Waals surface area (Å²) >= 11 is 7.34. The fourth-order valence-electron chi connectivity index (χ4n) is 2.24. The number of esters is 1. The van der Waals surface area contributed by atoms with Gasteiger partial charge in [-0.05, 0) is 29.8 Å². The average molecular weight is 432 g/mol. The van der Waals surface area contributed by atoms with Gasteiger partial charge in [-0.15, -0.1) is 0 Å². The van der Waals surface area contributed by atoms with Gasteiger partial charge in [-0.25, -0.2) is 22.3 Å². The summed E-state index contributed by atoms with van der Waals surface area (Å²) in [6, 6.07) is 10.7. The van der Waals surface area contributed by atoms with Gasteiger partial charge in [0.1, 0.15) is 5.82 Å². The molecule has 2 aromatic rings. The van der Waals surface area contributed by atoms with E-state index in [1.807, 2.05) is 0 Å². The second-order valence-corrected chi connectivity index (χ2v) is 8.91. The van der Waals surface area contributed by atoms with Crippen LogP contribution in [-0.4, -0.2) is 33.8 Å². The minimum absolute atomic E-state index is 0.196. The van der Waals surface area contributed by atoms with Crippen molar-refractivity contribution in [3.05, 3.63) is 70.0 Å². The van der Waals surface area contributed by atoms with Crippen LogP contribution in [0, 0.1) is 5.82 Å². The molecule has 0 spiro atoms. The predicted octanol–water partition coefficient (Wildman–Crippen LogP) is 3.62. The van der Waals surface area contributed by atoms with E-state index >= 15 is 0 Å². The number of hydrogen-bond acceptors (Lipinski definition) is 5. The van der Waals surface area contributed by atoms with Crippen molar-refractivity contribution in [2.45, 2.75) is 11.5 Å². The molecule has 2 rings (SSSR count). The van der Waals surface area contributed by atoms with Gasteiger partial charge in [0.25, 0.3) is 0 Å². The van der Waals surface area contributed by atoms with Gasteiger partial charge >= 0.3 is 5.97 Å². The topological polar surface area (TPSA) is 72.5 Å². The Hall–Kier alpha value is -1.61. The Balaban J connectivity index is 1.79. The average Bonchev–Trinajstić information content (AvgIpc) is 2.63. The van der Waals surface area contributed by atoms with Crippen molar-refractivity contribution in [2.75, 3.05) is 19.4 Å². The molecular formula is C18H19ClFNO4S2. The molecule has 9 heteroatoms. The maximum Gasteiger partial charge on any atom is 0.337 e. The molecular weight excluding hydrogens is 413 g/mol. The Morgan fingerprint density at radius 2 is 1.93 bits per heavy atom. The van der Waals surface area contributed by atoms with Gasteiger partial charge in [0.15, 0.2) is 0 Å². The summed E-state index contributed by atoms with van der Waals surface area (Å²) in [5.74, 6) is -0.202. The van der Waals surface area contributed by atoms with Gasteiger partial charge in [0.2, 0.25) is 10.0 Å². The monoisotopic (exact) mass is 431 g/mol. The Bertz CT molecular complexity index is 868. The van der Waals surface area contributed by atoms with Crippen molar-refractivity contribution < 1.29 is 22.3 Å². The molecule has 0 aliphatic carbocycles. The predicted molar refractivity (Wildman–Crippen MR) is 106 cm³/mol. The lowest BCUT2D eigenvalue weighted by atomic mass is 10.1. The van der Waals surface area contributed by atoms with Gasteiger partial charge in [-0.1, -0.05) is 29.8 Å². The molecule has 0 atom stereocenters. The lowest BCUT2D eigenvalue weighted by molar-refractivity contribution is 0.0600. The zero-order valence-electron chi connectivity index (χ0n) is 14.6. The molecule has 0 bridgehead atoms. The van der Waals surface area contributed by atoms with Gasteiger partial charge in [0.05, 0.1) is 18.4 Å². The lowest BCUT2D eigenvalue weighted by Crippen LogP contribution is -2.27. The van der Waals surface area contributed by atoms with Crippen molar-refractivity contribution in [3.63, 3.8) is 0 Å². The summed E-state index contributed by atoms with van der Waals surface area (Å²) in [6.07, 6.45) is 0. The molecule has 0 aromatic heterocycles. The van der Waals surface area contributed by atoms with Crippen molar-refractivity contribution in [2.24, 2.45) is 0 Å². The molecule has 0 unspecified atom stereocenters. The fraction of sp³-hybridized carbons (Fsp3) is 0.278. The smallest absolute Gasteiger partial charge is 0.337 e. The van der Waals surface area contributed by atoms with E-state index in [9.17, 15) is 17.6 Å². The first-order chi connectivity index (χ1) is 12.8. The fourth-order valence-corrected chi connectivity index (χ4v) is 4.71. The Morgan fingerprint density at radius 1 is 1.22 bits per heavy atom. The highest BCUT2D eigenvalue weighted by Crippen LogP contribution is 2.23. The standard InChI is InChI=1S/C18H19ClFNO4S2/c1-25-18(22)14-7-5-13(6-8-14)12-27(23,24)21-9-10-26-11-15-16(19)3-2-4-17(15)20/h2-8,21H,9-12H2,1H3. The zero-order chi connectivity index (χ0) is 19.9. The highest BCUT2D eigenvalue weighted by molar-refractivity contribution is 7.98. The van der Waals surface area contributed by atoms with E-state index in [0.717, 1.165) is 0 Å². The molecule has 0 aliphatic rings. The summed E-state index contributed by atoms with van der Waals surface area (Å²) < 4.78 is 45.0. The molecule has 0 radical (unpaired) electrons. The first kappa shape index (κ1) is 21.7. The van der Waals surface area contributed by atoms with Gasteiger partial charge in [-0.3, -0.25) is 0 Å². The number of hydrogen-bond donors (Lipinski definition) is 1. The van der Waals surface area contributed by atoms with E-state index in [0.29, 0.717) is 33.2 Å². The molecule has 27 heavy (non-hydrogen) atoms. The first-order valence-corrected chi connectivity index (χ1v) is 11.2. The van der Waals surface area contributed by atoms with Crippen LogP contribution >= 0.6 is 23.4 Å². The maximum atomic E-state index is 13.7. The highest BCUT2D eigenvalue weighted by Gasteiger charge is 2.13. The molecule has 0 heterocycles. The minimum Gasteiger partial charge on any atom is -0.465 e. The lowest BCUT2D eigenvalue weighted by Gasteiger charge is -2.08. The minimum atomic E-state index is -3.51. The van der Waals surface area contributed by atoms with Crippen LogP contribution in [0.15, 0.2) is 42.5 Å². The van der Waals surface area contributed by atoms with Crippen LogP contribution in [0.1, 0.15) is 21.5 Å². The summed E-state index contributed by atoms with van der Waals surface area (Å²) in [4.78, 5) is 11.4. The Kier molecular flexibility index (Phi) is 8.09. The molecule has 0 amide bonds. The SMILES string of the molecule is COC(=O)c1ccc(CS(=O)(=O)NCCSCc2c(F)cccc2Cl)cc1. The molecule has 1 N–H and O–H groups in total. The molecule has 0 saturated heterocycles. The van der Waals surface area contributed by atoms with E-state index in [1.54, 1.807) is 18.2 Å². The zero-order valence-corrected chi connectivity index (χ0v) is 17.0. The number of ether oxygens (including phenoxy) is 1. The van der Waals surface area contributed by atoms with E-state index in [2.05, 4.69) is 9.46 Å². The number of methoxy groups -OCH3 is 1. The van der Waals surface area contributed by atoms with Crippen LogP contribution in [0.4, 0.5) is 4.39 Å². The van der Waals surface area contributed by atoms with E-state index in [4.69, 9.17) is 11.6 Å². The molecule has 0 fully saturated rings. The number of thioether (sulfide) groups is 1. The van der Waals surface area contributed by atoms with Gasteiger partial charge in [0, 0.05) is 28.6 Å². The third-order valence-electron chi connectivity index (χ3n) is 3.61.